The van der Waals surface area contributed by atoms with E-state index in [9.17, 15) is 9.59 Å². The molecule has 2 aromatic carbocycles. The molecule has 1 heterocycles. The lowest BCUT2D eigenvalue weighted by molar-refractivity contribution is -0.134. The third kappa shape index (κ3) is 6.09. The van der Waals surface area contributed by atoms with Crippen molar-refractivity contribution in [1.82, 2.24) is 4.90 Å². The highest BCUT2D eigenvalue weighted by molar-refractivity contribution is 5.94. The standard InChI is InChI=1S/C22H26N2O4/c1-17(25)24(14-21-8-5-13-27-21)15-22(26)23-19-9-11-20(12-10-19)28-16-18-6-3-2-4-7-18/h2-4,6-7,9-12,21H,5,8,13-16H2,1H3,(H,23,26). The van der Waals surface area contributed by atoms with Crippen LogP contribution in [0.15, 0.2) is 54.6 Å². The maximum atomic E-state index is 12.3. The Balaban J connectivity index is 1.48. The Morgan fingerprint density at radius 1 is 1.14 bits per heavy atom. The van der Waals surface area contributed by atoms with E-state index in [0.717, 1.165) is 30.8 Å². The Kier molecular flexibility index (Phi) is 7.03. The van der Waals surface area contributed by atoms with E-state index in [1.807, 2.05) is 42.5 Å². The molecule has 0 saturated carbocycles. The van der Waals surface area contributed by atoms with E-state index < -0.39 is 0 Å². The van der Waals surface area contributed by atoms with Crippen molar-refractivity contribution in [3.05, 3.63) is 60.2 Å². The summed E-state index contributed by atoms with van der Waals surface area (Å²) in [7, 11) is 0. The van der Waals surface area contributed by atoms with Gasteiger partial charge in [-0.05, 0) is 42.7 Å². The molecule has 1 unspecified atom stereocenters. The molecule has 1 N–H and O–H groups in total. The molecule has 148 valence electrons. The first kappa shape index (κ1) is 19.9. The average molecular weight is 382 g/mol. The molecule has 0 radical (unpaired) electrons. The van der Waals surface area contributed by atoms with E-state index in [1.165, 1.54) is 11.8 Å². The monoisotopic (exact) mass is 382 g/mol. The van der Waals surface area contributed by atoms with Crippen molar-refractivity contribution in [1.29, 1.82) is 0 Å². The van der Waals surface area contributed by atoms with Gasteiger partial charge in [0.1, 0.15) is 12.4 Å². The second-order valence-electron chi connectivity index (χ2n) is 6.88. The van der Waals surface area contributed by atoms with Gasteiger partial charge in [-0.1, -0.05) is 30.3 Å². The summed E-state index contributed by atoms with van der Waals surface area (Å²) in [5.41, 5.74) is 1.76. The van der Waals surface area contributed by atoms with Crippen LogP contribution in [0.25, 0.3) is 0 Å². The lowest BCUT2D eigenvalue weighted by Gasteiger charge is -2.23. The molecule has 2 amide bonds. The summed E-state index contributed by atoms with van der Waals surface area (Å²) < 4.78 is 11.3. The Labute approximate surface area is 165 Å². The fraction of sp³-hybridized carbons (Fsp3) is 0.364. The number of hydrogen-bond acceptors (Lipinski definition) is 4. The Morgan fingerprint density at radius 3 is 2.54 bits per heavy atom. The number of hydrogen-bond donors (Lipinski definition) is 1. The number of carbonyl (C=O) groups is 2. The quantitative estimate of drug-likeness (QED) is 0.761. The number of nitrogens with one attached hydrogen (secondary N) is 1. The predicted octanol–water partition coefficient (Wildman–Crippen LogP) is 3.23. The minimum atomic E-state index is -0.230. The zero-order valence-corrected chi connectivity index (χ0v) is 16.1. The van der Waals surface area contributed by atoms with Gasteiger partial charge in [-0.25, -0.2) is 0 Å². The predicted molar refractivity (Wildman–Crippen MR) is 107 cm³/mol. The second-order valence-corrected chi connectivity index (χ2v) is 6.88. The number of ether oxygens (including phenoxy) is 2. The van der Waals surface area contributed by atoms with E-state index in [4.69, 9.17) is 9.47 Å². The maximum Gasteiger partial charge on any atom is 0.243 e. The molecule has 6 nitrogen and oxygen atoms in total. The normalized spacial score (nSPS) is 15.8. The van der Waals surface area contributed by atoms with Crippen LogP contribution in [0.1, 0.15) is 25.3 Å². The van der Waals surface area contributed by atoms with Gasteiger partial charge < -0.3 is 19.7 Å². The summed E-state index contributed by atoms with van der Waals surface area (Å²) in [6, 6.07) is 17.1. The van der Waals surface area contributed by atoms with Crippen LogP contribution in [0.3, 0.4) is 0 Å². The van der Waals surface area contributed by atoms with Crippen molar-refractivity contribution in [2.24, 2.45) is 0 Å². The maximum absolute atomic E-state index is 12.3. The van der Waals surface area contributed by atoms with Crippen molar-refractivity contribution in [2.75, 3.05) is 25.0 Å². The molecule has 28 heavy (non-hydrogen) atoms. The van der Waals surface area contributed by atoms with Crippen LogP contribution >= 0.6 is 0 Å². The molecule has 0 aliphatic carbocycles. The number of benzene rings is 2. The van der Waals surface area contributed by atoms with Crippen LogP contribution in [-0.2, 0) is 20.9 Å². The summed E-state index contributed by atoms with van der Waals surface area (Å²) in [5, 5.41) is 2.82. The number of anilines is 1. The third-order valence-electron chi connectivity index (χ3n) is 4.61. The molecular formula is C22H26N2O4. The first-order valence-corrected chi connectivity index (χ1v) is 9.54. The van der Waals surface area contributed by atoms with E-state index in [1.54, 1.807) is 12.1 Å². The summed E-state index contributed by atoms with van der Waals surface area (Å²) in [5.74, 6) is 0.368. The average Bonchev–Trinajstić information content (AvgIpc) is 3.21. The molecule has 1 aliphatic heterocycles. The van der Waals surface area contributed by atoms with Crippen LogP contribution in [-0.4, -0.2) is 42.5 Å². The first-order chi connectivity index (χ1) is 13.6. The zero-order valence-electron chi connectivity index (χ0n) is 16.1. The van der Waals surface area contributed by atoms with Crippen molar-refractivity contribution in [3.63, 3.8) is 0 Å². The molecule has 3 rings (SSSR count). The van der Waals surface area contributed by atoms with Gasteiger partial charge >= 0.3 is 0 Å². The first-order valence-electron chi connectivity index (χ1n) is 9.54. The minimum Gasteiger partial charge on any atom is -0.489 e. The van der Waals surface area contributed by atoms with E-state index in [-0.39, 0.29) is 24.5 Å². The molecule has 0 aromatic heterocycles. The molecule has 1 aliphatic rings. The molecule has 2 aromatic rings. The van der Waals surface area contributed by atoms with Crippen LogP contribution in [0, 0.1) is 0 Å². The highest BCUT2D eigenvalue weighted by atomic mass is 16.5. The van der Waals surface area contributed by atoms with Gasteiger partial charge in [0.05, 0.1) is 12.6 Å². The summed E-state index contributed by atoms with van der Waals surface area (Å²) in [4.78, 5) is 25.7. The highest BCUT2D eigenvalue weighted by Crippen LogP contribution is 2.17. The SMILES string of the molecule is CC(=O)N(CC(=O)Nc1ccc(OCc2ccccc2)cc1)CC1CCCO1. The molecule has 0 bridgehead atoms. The number of carbonyl (C=O) groups excluding carboxylic acids is 2. The second kappa shape index (κ2) is 9.90. The lowest BCUT2D eigenvalue weighted by Crippen LogP contribution is -2.41. The Hall–Kier alpha value is -2.86. The number of nitrogens with zero attached hydrogens (tertiary/aromatic N) is 1. The van der Waals surface area contributed by atoms with Crippen LogP contribution in [0.4, 0.5) is 5.69 Å². The molecule has 1 atom stereocenters. The molecule has 1 fully saturated rings. The van der Waals surface area contributed by atoms with Crippen molar-refractivity contribution in [2.45, 2.75) is 32.5 Å². The van der Waals surface area contributed by atoms with Crippen LogP contribution < -0.4 is 10.1 Å². The fourth-order valence-electron chi connectivity index (χ4n) is 3.09. The van der Waals surface area contributed by atoms with Crippen molar-refractivity contribution in [3.8, 4) is 5.75 Å². The summed E-state index contributed by atoms with van der Waals surface area (Å²) >= 11 is 0. The molecule has 6 heteroatoms. The van der Waals surface area contributed by atoms with Gasteiger partial charge in [-0.3, -0.25) is 9.59 Å². The topological polar surface area (TPSA) is 67.9 Å². The van der Waals surface area contributed by atoms with E-state index in [2.05, 4.69) is 5.32 Å². The van der Waals surface area contributed by atoms with E-state index in [0.29, 0.717) is 18.8 Å². The van der Waals surface area contributed by atoms with Gasteiger partial charge in [0, 0.05) is 25.8 Å². The number of amides is 2. The van der Waals surface area contributed by atoms with Crippen LogP contribution in [0.2, 0.25) is 0 Å². The minimum absolute atomic E-state index is 0.0153. The van der Waals surface area contributed by atoms with Gasteiger partial charge in [-0.15, -0.1) is 0 Å². The third-order valence-corrected chi connectivity index (χ3v) is 4.61. The zero-order chi connectivity index (χ0) is 19.8. The van der Waals surface area contributed by atoms with Gasteiger partial charge in [0.2, 0.25) is 11.8 Å². The fourth-order valence-corrected chi connectivity index (χ4v) is 3.09. The smallest absolute Gasteiger partial charge is 0.243 e. The van der Waals surface area contributed by atoms with Crippen LogP contribution in [0.5, 0.6) is 5.75 Å². The van der Waals surface area contributed by atoms with Gasteiger partial charge in [0.15, 0.2) is 0 Å². The summed E-state index contributed by atoms with van der Waals surface area (Å²) in [6.45, 7) is 3.15. The van der Waals surface area contributed by atoms with Gasteiger partial charge in [-0.2, -0.15) is 0 Å². The highest BCUT2D eigenvalue weighted by Gasteiger charge is 2.22. The molecular weight excluding hydrogens is 356 g/mol. The molecule has 1 saturated heterocycles. The summed E-state index contributed by atoms with van der Waals surface area (Å²) in [6.07, 6.45) is 1.95. The van der Waals surface area contributed by atoms with Gasteiger partial charge in [0.25, 0.3) is 0 Å². The van der Waals surface area contributed by atoms with E-state index >= 15 is 0 Å². The Bertz CT molecular complexity index is 771. The largest absolute Gasteiger partial charge is 0.489 e. The van der Waals surface area contributed by atoms with Crippen molar-refractivity contribution < 1.29 is 19.1 Å². The Morgan fingerprint density at radius 2 is 1.89 bits per heavy atom. The number of rotatable bonds is 8. The molecule has 0 spiro atoms. The van der Waals surface area contributed by atoms with Crippen molar-refractivity contribution >= 4 is 17.5 Å². The lowest BCUT2D eigenvalue weighted by atomic mass is 10.2.